The van der Waals surface area contributed by atoms with E-state index >= 15 is 0 Å². The first-order chi connectivity index (χ1) is 18.5. The van der Waals surface area contributed by atoms with Gasteiger partial charge in [-0.25, -0.2) is 0 Å². The van der Waals surface area contributed by atoms with Crippen molar-refractivity contribution < 1.29 is 43.7 Å². The number of carbonyl (C=O) groups excluding carboxylic acids is 4. The lowest BCUT2D eigenvalue weighted by molar-refractivity contribution is -0.139. The second-order valence-corrected chi connectivity index (χ2v) is 8.89. The van der Waals surface area contributed by atoms with Crippen molar-refractivity contribution in [3.05, 3.63) is 0 Å². The molecule has 0 aliphatic heterocycles. The monoisotopic (exact) mass is 560 g/mol. The van der Waals surface area contributed by atoms with E-state index in [0.717, 1.165) is 0 Å². The summed E-state index contributed by atoms with van der Waals surface area (Å²) >= 11 is 0. The Bertz CT molecular complexity index is 719. The Balaban J connectivity index is 3.58. The van der Waals surface area contributed by atoms with Crippen LogP contribution in [0.5, 0.6) is 0 Å². The lowest BCUT2D eigenvalue weighted by Crippen LogP contribution is -2.32. The maximum Gasteiger partial charge on any atom is 0.320 e. The summed E-state index contributed by atoms with van der Waals surface area (Å²) in [6.45, 7) is 1.73. The van der Waals surface area contributed by atoms with Gasteiger partial charge in [-0.2, -0.15) is 0 Å². The molecule has 0 spiro atoms. The zero-order valence-electron chi connectivity index (χ0n) is 22.4. The van der Waals surface area contributed by atoms with Crippen LogP contribution in [0.1, 0.15) is 64.2 Å². The molecule has 15 nitrogen and oxygen atoms in total. The van der Waals surface area contributed by atoms with Gasteiger partial charge in [0.1, 0.15) is 12.1 Å². The van der Waals surface area contributed by atoms with E-state index in [1.54, 1.807) is 0 Å². The Morgan fingerprint density at radius 3 is 1.15 bits per heavy atom. The quantitative estimate of drug-likeness (QED) is 0.0611. The van der Waals surface area contributed by atoms with Gasteiger partial charge in [0.15, 0.2) is 0 Å². The highest BCUT2D eigenvalue weighted by atomic mass is 16.5. The van der Waals surface area contributed by atoms with Crippen molar-refractivity contribution in [2.45, 2.75) is 76.3 Å². The van der Waals surface area contributed by atoms with Gasteiger partial charge < -0.3 is 47.7 Å². The largest absolute Gasteiger partial charge is 0.480 e. The molecule has 0 aromatic rings. The standard InChI is InChI=1S/C24H44N6O9/c25-17(23(35)36)5-1-3-11-27-19(31)7-9-21(33)29-13-15-39-16-14-30-22(34)10-8-20(32)28-12-4-2-6-18(26)24(37)38/h17-18H,1-16,25-26H2,(H,27,31)(H,28,32)(H,29,33)(H,30,34)(H,35,36)(H,37,38)/t17-,18-/m0/s1. The predicted octanol–water partition coefficient (Wildman–Crippen LogP) is -1.81. The normalized spacial score (nSPS) is 12.2. The Morgan fingerprint density at radius 2 is 0.846 bits per heavy atom. The molecule has 4 amide bonds. The van der Waals surface area contributed by atoms with Gasteiger partial charge in [0, 0.05) is 51.9 Å². The SMILES string of the molecule is N[C@@H](CCCCNC(=O)CCC(=O)NCCOCCNC(=O)CCC(=O)NCCCC[C@H](N)C(=O)O)C(=O)O. The van der Waals surface area contributed by atoms with Crippen LogP contribution in [0.2, 0.25) is 0 Å². The molecular weight excluding hydrogens is 516 g/mol. The van der Waals surface area contributed by atoms with Crippen molar-refractivity contribution in [3.63, 3.8) is 0 Å². The van der Waals surface area contributed by atoms with Crippen LogP contribution in [0.25, 0.3) is 0 Å². The van der Waals surface area contributed by atoms with Gasteiger partial charge in [-0.3, -0.25) is 28.8 Å². The Kier molecular flexibility index (Phi) is 20.7. The second-order valence-electron chi connectivity index (χ2n) is 8.89. The summed E-state index contributed by atoms with van der Waals surface area (Å²) in [5.41, 5.74) is 10.8. The lowest BCUT2D eigenvalue weighted by atomic mass is 10.1. The fourth-order valence-corrected chi connectivity index (χ4v) is 3.12. The zero-order chi connectivity index (χ0) is 29.5. The van der Waals surface area contributed by atoms with Crippen LogP contribution >= 0.6 is 0 Å². The maximum atomic E-state index is 11.8. The highest BCUT2D eigenvalue weighted by Crippen LogP contribution is 2.00. The highest BCUT2D eigenvalue weighted by Gasteiger charge is 2.12. The number of nitrogens with one attached hydrogen (secondary N) is 4. The van der Waals surface area contributed by atoms with Gasteiger partial charge in [-0.05, 0) is 38.5 Å². The number of nitrogens with two attached hydrogens (primary N) is 2. The number of carbonyl (C=O) groups is 6. The van der Waals surface area contributed by atoms with Crippen molar-refractivity contribution in [1.82, 2.24) is 21.3 Å². The van der Waals surface area contributed by atoms with Gasteiger partial charge in [0.25, 0.3) is 0 Å². The molecule has 0 aliphatic carbocycles. The number of carboxylic acids is 2. The Labute approximate surface area is 228 Å². The Hall–Kier alpha value is -3.30. The summed E-state index contributed by atoms with van der Waals surface area (Å²) in [4.78, 5) is 68.3. The van der Waals surface area contributed by atoms with E-state index in [9.17, 15) is 28.8 Å². The third-order valence-corrected chi connectivity index (χ3v) is 5.46. The topological polar surface area (TPSA) is 252 Å². The summed E-state index contributed by atoms with van der Waals surface area (Å²) in [5.74, 6) is -3.23. The summed E-state index contributed by atoms with van der Waals surface area (Å²) in [6.07, 6.45) is 3.13. The number of amides is 4. The van der Waals surface area contributed by atoms with E-state index in [2.05, 4.69) is 21.3 Å². The number of ether oxygens (including phenoxy) is 1. The third-order valence-electron chi connectivity index (χ3n) is 5.46. The molecule has 0 aromatic carbocycles. The second kappa shape index (κ2) is 22.7. The highest BCUT2D eigenvalue weighted by molar-refractivity contribution is 5.84. The first-order valence-electron chi connectivity index (χ1n) is 13.1. The zero-order valence-corrected chi connectivity index (χ0v) is 22.4. The van der Waals surface area contributed by atoms with Crippen LogP contribution in [0.15, 0.2) is 0 Å². The molecule has 0 unspecified atom stereocenters. The van der Waals surface area contributed by atoms with Crippen LogP contribution in [0.4, 0.5) is 0 Å². The minimum Gasteiger partial charge on any atom is -0.480 e. The lowest BCUT2D eigenvalue weighted by Gasteiger charge is -2.09. The molecule has 10 N–H and O–H groups in total. The third kappa shape index (κ3) is 22.4. The van der Waals surface area contributed by atoms with Crippen molar-refractivity contribution >= 4 is 35.6 Å². The average molecular weight is 561 g/mol. The summed E-state index contributed by atoms with van der Waals surface area (Å²) < 4.78 is 5.32. The molecule has 0 aromatic heterocycles. The number of carboxylic acid groups (broad SMARTS) is 2. The van der Waals surface area contributed by atoms with Crippen molar-refractivity contribution in [1.29, 1.82) is 0 Å². The molecule has 0 heterocycles. The first-order valence-corrected chi connectivity index (χ1v) is 13.1. The number of hydrogen-bond donors (Lipinski definition) is 8. The molecule has 0 radical (unpaired) electrons. The van der Waals surface area contributed by atoms with E-state index in [4.69, 9.17) is 26.4 Å². The molecule has 15 heteroatoms. The van der Waals surface area contributed by atoms with Gasteiger partial charge in [-0.15, -0.1) is 0 Å². The Morgan fingerprint density at radius 1 is 0.538 bits per heavy atom. The number of hydrogen-bond acceptors (Lipinski definition) is 9. The minimum atomic E-state index is -1.05. The van der Waals surface area contributed by atoms with Crippen LogP contribution in [-0.2, 0) is 33.5 Å². The van der Waals surface area contributed by atoms with Crippen molar-refractivity contribution in [2.24, 2.45) is 11.5 Å². The van der Waals surface area contributed by atoms with Gasteiger partial charge in [-0.1, -0.05) is 0 Å². The maximum absolute atomic E-state index is 11.8. The fraction of sp³-hybridized carbons (Fsp3) is 0.750. The predicted molar refractivity (Wildman–Crippen MR) is 140 cm³/mol. The summed E-state index contributed by atoms with van der Waals surface area (Å²) in [6, 6.07) is -1.81. The average Bonchev–Trinajstić information content (AvgIpc) is 2.89. The molecule has 0 aliphatic rings. The van der Waals surface area contributed by atoms with Gasteiger partial charge in [0.05, 0.1) is 13.2 Å². The van der Waals surface area contributed by atoms with Crippen LogP contribution in [0, 0.1) is 0 Å². The molecule has 224 valence electrons. The molecule has 39 heavy (non-hydrogen) atoms. The van der Waals surface area contributed by atoms with Gasteiger partial charge in [0.2, 0.25) is 23.6 Å². The number of aliphatic carboxylic acids is 2. The van der Waals surface area contributed by atoms with Crippen LogP contribution in [-0.4, -0.2) is 97.3 Å². The number of unbranched alkanes of at least 4 members (excludes halogenated alkanes) is 2. The molecule has 2 atom stereocenters. The molecule has 0 saturated carbocycles. The summed E-state index contributed by atoms with van der Waals surface area (Å²) in [5, 5.41) is 28.0. The van der Waals surface area contributed by atoms with E-state index in [-0.39, 0.29) is 75.6 Å². The van der Waals surface area contributed by atoms with Crippen LogP contribution in [0.3, 0.4) is 0 Å². The molecule has 0 saturated heterocycles. The van der Waals surface area contributed by atoms with Gasteiger partial charge >= 0.3 is 11.9 Å². The minimum absolute atomic E-state index is 0.0260. The first kappa shape index (κ1) is 35.7. The fourth-order valence-electron chi connectivity index (χ4n) is 3.12. The van der Waals surface area contributed by atoms with E-state index in [0.29, 0.717) is 51.6 Å². The van der Waals surface area contributed by atoms with Crippen LogP contribution < -0.4 is 32.7 Å². The van der Waals surface area contributed by atoms with Crippen molar-refractivity contribution in [3.8, 4) is 0 Å². The van der Waals surface area contributed by atoms with Crippen molar-refractivity contribution in [2.75, 3.05) is 39.4 Å². The molecular formula is C24H44N6O9. The molecule has 0 fully saturated rings. The van der Waals surface area contributed by atoms with E-state index in [1.165, 1.54) is 0 Å². The van der Waals surface area contributed by atoms with E-state index in [1.807, 2.05) is 0 Å². The summed E-state index contributed by atoms with van der Waals surface area (Å²) in [7, 11) is 0. The smallest absolute Gasteiger partial charge is 0.320 e. The van der Waals surface area contributed by atoms with E-state index < -0.39 is 24.0 Å². The number of rotatable bonds is 24. The molecule has 0 rings (SSSR count). The molecule has 0 bridgehead atoms.